The van der Waals surface area contributed by atoms with Crippen LogP contribution in [0.2, 0.25) is 0 Å². The number of nitrogens with zero attached hydrogens (tertiary/aromatic N) is 2. The van der Waals surface area contributed by atoms with E-state index in [1.165, 1.54) is 6.20 Å². The van der Waals surface area contributed by atoms with Crippen LogP contribution >= 0.6 is 0 Å². The minimum atomic E-state index is -0.331. The summed E-state index contributed by atoms with van der Waals surface area (Å²) in [6.07, 6.45) is 3.22. The Bertz CT molecular complexity index is 750. The number of hydrogen-bond acceptors (Lipinski definition) is 4. The number of nitrogen functional groups attached to an aromatic ring is 1. The molecule has 4 N–H and O–H groups in total. The summed E-state index contributed by atoms with van der Waals surface area (Å²) in [5, 5.41) is 9.55. The molecule has 0 aliphatic rings. The second-order valence-corrected chi connectivity index (χ2v) is 4.44. The summed E-state index contributed by atoms with van der Waals surface area (Å²) >= 11 is 0. The highest BCUT2D eigenvalue weighted by Gasteiger charge is 2.10. The van der Waals surface area contributed by atoms with E-state index < -0.39 is 0 Å². The number of carbonyl (C=O) groups is 1. The van der Waals surface area contributed by atoms with Gasteiger partial charge in [0.25, 0.3) is 5.91 Å². The van der Waals surface area contributed by atoms with E-state index >= 15 is 0 Å². The molecule has 0 radical (unpaired) electrons. The quantitative estimate of drug-likeness (QED) is 0.685. The lowest BCUT2D eigenvalue weighted by molar-refractivity contribution is 0.102. The van der Waals surface area contributed by atoms with E-state index in [4.69, 9.17) is 5.73 Å². The number of anilines is 2. The molecular formula is C15H13N5O. The van der Waals surface area contributed by atoms with Gasteiger partial charge in [-0.1, -0.05) is 12.1 Å². The van der Waals surface area contributed by atoms with Crippen molar-refractivity contribution in [1.82, 2.24) is 15.2 Å². The first kappa shape index (κ1) is 12.9. The Kier molecular flexibility index (Phi) is 3.34. The van der Waals surface area contributed by atoms with Crippen LogP contribution in [0.5, 0.6) is 0 Å². The minimum absolute atomic E-state index is 0.218. The van der Waals surface area contributed by atoms with Gasteiger partial charge >= 0.3 is 0 Å². The summed E-state index contributed by atoms with van der Waals surface area (Å²) in [6.45, 7) is 0. The topological polar surface area (TPSA) is 96.7 Å². The van der Waals surface area contributed by atoms with Crippen LogP contribution in [0.25, 0.3) is 11.3 Å². The molecule has 2 aromatic heterocycles. The highest BCUT2D eigenvalue weighted by Crippen LogP contribution is 2.19. The van der Waals surface area contributed by atoms with Crippen LogP contribution in [-0.4, -0.2) is 21.1 Å². The maximum absolute atomic E-state index is 12.1. The average molecular weight is 279 g/mol. The molecule has 0 saturated carbocycles. The van der Waals surface area contributed by atoms with Crippen LogP contribution < -0.4 is 11.1 Å². The zero-order valence-corrected chi connectivity index (χ0v) is 11.1. The van der Waals surface area contributed by atoms with Crippen molar-refractivity contribution >= 4 is 17.3 Å². The lowest BCUT2D eigenvalue weighted by Crippen LogP contribution is -2.15. The molecule has 0 spiro atoms. The van der Waals surface area contributed by atoms with Crippen LogP contribution in [0.4, 0.5) is 11.4 Å². The van der Waals surface area contributed by atoms with Gasteiger partial charge < -0.3 is 11.1 Å². The number of nitrogens with two attached hydrogens (primary N) is 1. The van der Waals surface area contributed by atoms with E-state index in [0.29, 0.717) is 11.4 Å². The maximum atomic E-state index is 12.1. The molecule has 0 unspecified atom stereocenters. The summed E-state index contributed by atoms with van der Waals surface area (Å²) in [6, 6.07) is 12.6. The maximum Gasteiger partial charge on any atom is 0.276 e. The van der Waals surface area contributed by atoms with Crippen LogP contribution in [0.1, 0.15) is 10.5 Å². The van der Waals surface area contributed by atoms with E-state index in [-0.39, 0.29) is 11.6 Å². The van der Waals surface area contributed by atoms with Crippen molar-refractivity contribution in [2.45, 2.75) is 0 Å². The molecule has 104 valence electrons. The summed E-state index contributed by atoms with van der Waals surface area (Å²) in [7, 11) is 0. The van der Waals surface area contributed by atoms with Crippen LogP contribution in [0.15, 0.2) is 54.9 Å². The Labute approximate surface area is 121 Å². The number of aromatic nitrogens is 3. The number of benzene rings is 1. The molecule has 21 heavy (non-hydrogen) atoms. The molecule has 2 heterocycles. The summed E-state index contributed by atoms with van der Waals surface area (Å²) < 4.78 is 0. The lowest BCUT2D eigenvalue weighted by Gasteiger charge is -2.07. The Balaban J connectivity index is 1.77. The first-order chi connectivity index (χ1) is 10.2. The summed E-state index contributed by atoms with van der Waals surface area (Å²) in [5.74, 6) is -0.331. The predicted molar refractivity (Wildman–Crippen MR) is 80.6 cm³/mol. The van der Waals surface area contributed by atoms with E-state index in [1.54, 1.807) is 18.3 Å². The molecule has 0 aliphatic heterocycles. The van der Waals surface area contributed by atoms with Gasteiger partial charge in [-0.05, 0) is 35.9 Å². The number of hydrogen-bond donors (Lipinski definition) is 3. The lowest BCUT2D eigenvalue weighted by atomic mass is 10.1. The number of rotatable bonds is 3. The normalized spacial score (nSPS) is 10.3. The number of aromatic amines is 1. The fraction of sp³-hybridized carbons (Fsp3) is 0. The standard InChI is InChI=1S/C15H13N5O/c16-12-2-1-8-17-14(12)15(21)19-11-5-3-10(4-6-11)13-7-9-18-20-13/h1-9H,16H2,(H,18,20)(H,19,21). The Morgan fingerprint density at radius 2 is 1.90 bits per heavy atom. The number of amides is 1. The largest absolute Gasteiger partial charge is 0.397 e. The number of carbonyl (C=O) groups excluding carboxylic acids is 1. The van der Waals surface area contributed by atoms with E-state index in [2.05, 4.69) is 20.5 Å². The van der Waals surface area contributed by atoms with Crippen molar-refractivity contribution in [3.8, 4) is 11.3 Å². The smallest absolute Gasteiger partial charge is 0.276 e. The highest BCUT2D eigenvalue weighted by molar-refractivity contribution is 6.06. The van der Waals surface area contributed by atoms with Gasteiger partial charge in [0.2, 0.25) is 0 Å². The Morgan fingerprint density at radius 1 is 1.10 bits per heavy atom. The Hall–Kier alpha value is -3.15. The number of pyridine rings is 1. The molecule has 3 rings (SSSR count). The van der Waals surface area contributed by atoms with E-state index in [9.17, 15) is 4.79 Å². The molecule has 3 aromatic rings. The molecule has 0 saturated heterocycles. The van der Waals surface area contributed by atoms with Gasteiger partial charge in [0.05, 0.1) is 11.4 Å². The van der Waals surface area contributed by atoms with E-state index in [0.717, 1.165) is 11.3 Å². The molecule has 0 aliphatic carbocycles. The van der Waals surface area contributed by atoms with Gasteiger partial charge in [-0.15, -0.1) is 0 Å². The molecule has 0 atom stereocenters. The zero-order valence-electron chi connectivity index (χ0n) is 11.1. The third-order valence-electron chi connectivity index (χ3n) is 3.01. The molecular weight excluding hydrogens is 266 g/mol. The molecule has 0 bridgehead atoms. The van der Waals surface area contributed by atoms with Gasteiger partial charge in [-0.2, -0.15) is 5.10 Å². The fourth-order valence-corrected chi connectivity index (χ4v) is 1.95. The summed E-state index contributed by atoms with van der Waals surface area (Å²) in [5.41, 5.74) is 8.88. The monoisotopic (exact) mass is 279 g/mol. The second-order valence-electron chi connectivity index (χ2n) is 4.44. The number of nitrogens with one attached hydrogen (secondary N) is 2. The van der Waals surface area contributed by atoms with Crippen LogP contribution in [-0.2, 0) is 0 Å². The van der Waals surface area contributed by atoms with Crippen molar-refractivity contribution in [2.75, 3.05) is 11.1 Å². The SMILES string of the molecule is Nc1cccnc1C(=O)Nc1ccc(-c2ccn[nH]2)cc1. The number of H-pyrrole nitrogens is 1. The molecule has 1 aromatic carbocycles. The molecule has 0 fully saturated rings. The van der Waals surface area contributed by atoms with Gasteiger partial charge in [0, 0.05) is 18.1 Å². The average Bonchev–Trinajstić information content (AvgIpc) is 3.02. The summed E-state index contributed by atoms with van der Waals surface area (Å²) in [4.78, 5) is 16.1. The third-order valence-corrected chi connectivity index (χ3v) is 3.01. The predicted octanol–water partition coefficient (Wildman–Crippen LogP) is 2.31. The third kappa shape index (κ3) is 2.74. The van der Waals surface area contributed by atoms with Crippen molar-refractivity contribution in [2.24, 2.45) is 0 Å². The second kappa shape index (κ2) is 5.46. The molecule has 6 nitrogen and oxygen atoms in total. The van der Waals surface area contributed by atoms with E-state index in [1.807, 2.05) is 30.3 Å². The van der Waals surface area contributed by atoms with Crippen molar-refractivity contribution in [3.05, 3.63) is 60.6 Å². The van der Waals surface area contributed by atoms with Crippen LogP contribution in [0, 0.1) is 0 Å². The molecule has 6 heteroatoms. The van der Waals surface area contributed by atoms with Gasteiger partial charge in [-0.3, -0.25) is 9.89 Å². The van der Waals surface area contributed by atoms with Gasteiger partial charge in [0.1, 0.15) is 0 Å². The zero-order chi connectivity index (χ0) is 14.7. The Morgan fingerprint density at radius 3 is 2.57 bits per heavy atom. The molecule has 1 amide bonds. The minimum Gasteiger partial charge on any atom is -0.397 e. The van der Waals surface area contributed by atoms with Gasteiger partial charge in [-0.25, -0.2) is 4.98 Å². The fourth-order valence-electron chi connectivity index (χ4n) is 1.95. The first-order valence-corrected chi connectivity index (χ1v) is 6.36. The van der Waals surface area contributed by atoms with Crippen molar-refractivity contribution < 1.29 is 4.79 Å². The van der Waals surface area contributed by atoms with Crippen molar-refractivity contribution in [3.63, 3.8) is 0 Å². The van der Waals surface area contributed by atoms with Crippen LogP contribution in [0.3, 0.4) is 0 Å². The first-order valence-electron chi connectivity index (χ1n) is 6.36. The van der Waals surface area contributed by atoms with Crippen molar-refractivity contribution in [1.29, 1.82) is 0 Å². The van der Waals surface area contributed by atoms with Gasteiger partial charge in [0.15, 0.2) is 5.69 Å². The highest BCUT2D eigenvalue weighted by atomic mass is 16.1.